The molecule has 5 rings (SSSR count). The topological polar surface area (TPSA) is 49.8 Å². The van der Waals surface area contributed by atoms with Gasteiger partial charge in [-0.2, -0.15) is 0 Å². The number of rotatable bonds is 1. The Bertz CT molecular complexity index is 639. The Morgan fingerprint density at radius 2 is 2.04 bits per heavy atom. The van der Waals surface area contributed by atoms with Crippen molar-refractivity contribution in [3.05, 3.63) is 11.6 Å². The van der Waals surface area contributed by atoms with Gasteiger partial charge in [0.2, 0.25) is 0 Å². The molecule has 1 saturated heterocycles. The largest absolute Gasteiger partial charge is 0.393 e. The molecular formula is C21H30O3. The van der Waals surface area contributed by atoms with Crippen molar-refractivity contribution < 1.29 is 14.6 Å². The SMILES string of the molecule is CC(=O)[C@@]12C[C@H]3[C@@H]4CC=C5C[C@@H](O)CC[C@]5(C)[C@H]4CC[C@]3(C)[C@@H]1O2. The summed E-state index contributed by atoms with van der Waals surface area (Å²) in [5.74, 6) is 2.30. The van der Waals surface area contributed by atoms with E-state index in [1.165, 1.54) is 18.4 Å². The van der Waals surface area contributed by atoms with Crippen LogP contribution >= 0.6 is 0 Å². The molecule has 4 fully saturated rings. The van der Waals surface area contributed by atoms with Gasteiger partial charge in [-0.3, -0.25) is 4.79 Å². The number of fused-ring (bicyclic) bond motifs is 7. The Morgan fingerprint density at radius 1 is 1.25 bits per heavy atom. The van der Waals surface area contributed by atoms with E-state index in [-0.39, 0.29) is 28.8 Å². The highest BCUT2D eigenvalue weighted by Crippen LogP contribution is 2.72. The molecule has 3 heteroatoms. The molecule has 0 aromatic carbocycles. The quantitative estimate of drug-likeness (QED) is 0.590. The third-order valence-corrected chi connectivity index (χ3v) is 8.93. The Balaban J connectivity index is 1.50. The highest BCUT2D eigenvalue weighted by atomic mass is 16.6. The summed E-state index contributed by atoms with van der Waals surface area (Å²) in [6.07, 6.45) is 10.0. The molecule has 4 aliphatic carbocycles. The van der Waals surface area contributed by atoms with Gasteiger partial charge in [-0.05, 0) is 75.0 Å². The summed E-state index contributed by atoms with van der Waals surface area (Å²) >= 11 is 0. The van der Waals surface area contributed by atoms with Gasteiger partial charge in [-0.1, -0.05) is 25.5 Å². The Hall–Kier alpha value is -0.670. The van der Waals surface area contributed by atoms with E-state index in [1.807, 2.05) is 0 Å². The van der Waals surface area contributed by atoms with Crippen molar-refractivity contribution in [1.82, 2.24) is 0 Å². The van der Waals surface area contributed by atoms with E-state index < -0.39 is 5.60 Å². The zero-order chi connectivity index (χ0) is 16.9. The maximum Gasteiger partial charge on any atom is 0.164 e. The lowest BCUT2D eigenvalue weighted by atomic mass is 9.48. The average molecular weight is 330 g/mol. The van der Waals surface area contributed by atoms with Crippen LogP contribution in [0.3, 0.4) is 0 Å². The summed E-state index contributed by atoms with van der Waals surface area (Å²) in [4.78, 5) is 12.2. The lowest BCUT2D eigenvalue weighted by Gasteiger charge is -2.57. The Morgan fingerprint density at radius 3 is 2.79 bits per heavy atom. The van der Waals surface area contributed by atoms with Crippen molar-refractivity contribution in [2.75, 3.05) is 0 Å². The molecule has 3 saturated carbocycles. The van der Waals surface area contributed by atoms with E-state index in [9.17, 15) is 9.90 Å². The van der Waals surface area contributed by atoms with Gasteiger partial charge in [0.15, 0.2) is 11.4 Å². The van der Waals surface area contributed by atoms with Crippen molar-refractivity contribution in [2.45, 2.75) is 83.5 Å². The van der Waals surface area contributed by atoms with Crippen molar-refractivity contribution in [2.24, 2.45) is 28.6 Å². The zero-order valence-electron chi connectivity index (χ0n) is 15.2. The second-order valence-electron chi connectivity index (χ2n) is 9.85. The molecule has 5 aliphatic rings. The average Bonchev–Trinajstić information content (AvgIpc) is 3.22. The van der Waals surface area contributed by atoms with E-state index in [0.29, 0.717) is 11.8 Å². The van der Waals surface area contributed by atoms with Crippen LogP contribution in [0.4, 0.5) is 0 Å². The normalized spacial score (nSPS) is 58.0. The van der Waals surface area contributed by atoms with Gasteiger partial charge in [0.25, 0.3) is 0 Å². The first-order chi connectivity index (χ1) is 11.3. The first-order valence-corrected chi connectivity index (χ1v) is 9.88. The third-order valence-electron chi connectivity index (χ3n) is 8.93. The first kappa shape index (κ1) is 15.6. The summed E-state index contributed by atoms with van der Waals surface area (Å²) in [6.45, 7) is 6.57. The fraction of sp³-hybridized carbons (Fsp3) is 0.857. The van der Waals surface area contributed by atoms with Crippen LogP contribution in [0.15, 0.2) is 11.6 Å². The minimum atomic E-state index is -0.429. The number of epoxide rings is 1. The minimum Gasteiger partial charge on any atom is -0.393 e. The Kier molecular flexibility index (Phi) is 2.94. The second-order valence-corrected chi connectivity index (χ2v) is 9.85. The summed E-state index contributed by atoms with van der Waals surface area (Å²) in [6, 6.07) is 0. The smallest absolute Gasteiger partial charge is 0.164 e. The number of ketones is 1. The van der Waals surface area contributed by atoms with E-state index >= 15 is 0 Å². The number of hydrogen-bond donors (Lipinski definition) is 1. The fourth-order valence-corrected chi connectivity index (χ4v) is 7.44. The summed E-state index contributed by atoms with van der Waals surface area (Å²) in [5, 5.41) is 10.1. The number of aliphatic hydroxyl groups is 1. The standard InChI is InChI=1S/C21H30O3/c1-12(22)21-11-17-15-5-4-13-10-14(23)6-8-19(13,2)16(15)7-9-20(17,3)18(21)24-21/h4,14-18,23H,5-11H2,1-3H3/t14-,15+,16-,17-,18-,19-,20-,21-/m0/s1. The van der Waals surface area contributed by atoms with Crippen LogP contribution in [0.2, 0.25) is 0 Å². The predicted molar refractivity (Wildman–Crippen MR) is 91.4 cm³/mol. The van der Waals surface area contributed by atoms with Gasteiger partial charge in [-0.25, -0.2) is 0 Å². The van der Waals surface area contributed by atoms with Crippen LogP contribution in [-0.2, 0) is 9.53 Å². The van der Waals surface area contributed by atoms with Crippen LogP contribution in [0.25, 0.3) is 0 Å². The van der Waals surface area contributed by atoms with Crippen molar-refractivity contribution in [1.29, 1.82) is 0 Å². The molecular weight excluding hydrogens is 300 g/mol. The van der Waals surface area contributed by atoms with Crippen molar-refractivity contribution in [3.63, 3.8) is 0 Å². The lowest BCUT2D eigenvalue weighted by molar-refractivity contribution is -0.123. The lowest BCUT2D eigenvalue weighted by Crippen LogP contribution is -2.50. The number of hydrogen-bond acceptors (Lipinski definition) is 3. The van der Waals surface area contributed by atoms with Gasteiger partial charge < -0.3 is 9.84 Å². The minimum absolute atomic E-state index is 0.136. The number of allylic oxidation sites excluding steroid dienone is 1. The van der Waals surface area contributed by atoms with Gasteiger partial charge in [0, 0.05) is 5.41 Å². The fourth-order valence-electron chi connectivity index (χ4n) is 7.44. The third kappa shape index (κ3) is 1.69. The van der Waals surface area contributed by atoms with Gasteiger partial charge >= 0.3 is 0 Å². The van der Waals surface area contributed by atoms with Crippen LogP contribution in [0, 0.1) is 28.6 Å². The molecule has 0 spiro atoms. The number of carbonyl (C=O) groups excluding carboxylic acids is 1. The number of aliphatic hydroxyl groups excluding tert-OH is 1. The van der Waals surface area contributed by atoms with Crippen LogP contribution in [-0.4, -0.2) is 28.7 Å². The summed E-state index contributed by atoms with van der Waals surface area (Å²) < 4.78 is 6.00. The number of carbonyl (C=O) groups is 1. The molecule has 0 amide bonds. The van der Waals surface area contributed by atoms with Gasteiger partial charge in [0.1, 0.15) is 6.10 Å². The molecule has 0 radical (unpaired) electrons. The zero-order valence-corrected chi connectivity index (χ0v) is 15.2. The molecule has 0 aromatic rings. The van der Waals surface area contributed by atoms with Crippen LogP contribution in [0.1, 0.15) is 65.7 Å². The highest BCUT2D eigenvalue weighted by Gasteiger charge is 2.77. The van der Waals surface area contributed by atoms with E-state index in [4.69, 9.17) is 4.74 Å². The molecule has 0 aromatic heterocycles. The maximum absolute atomic E-state index is 12.2. The molecule has 0 unspecified atom stereocenters. The molecule has 1 N–H and O–H groups in total. The van der Waals surface area contributed by atoms with Crippen LogP contribution in [0.5, 0.6) is 0 Å². The first-order valence-electron chi connectivity index (χ1n) is 9.88. The van der Waals surface area contributed by atoms with Crippen molar-refractivity contribution >= 4 is 5.78 Å². The maximum atomic E-state index is 12.2. The van der Waals surface area contributed by atoms with Crippen LogP contribution < -0.4 is 0 Å². The molecule has 1 heterocycles. The van der Waals surface area contributed by atoms with E-state index in [0.717, 1.165) is 38.0 Å². The molecule has 132 valence electrons. The second kappa shape index (κ2) is 4.54. The van der Waals surface area contributed by atoms with Gasteiger partial charge in [0.05, 0.1) is 6.10 Å². The number of ether oxygens (including phenoxy) is 1. The highest BCUT2D eigenvalue weighted by molar-refractivity contribution is 5.89. The molecule has 8 atom stereocenters. The molecule has 1 aliphatic heterocycles. The predicted octanol–water partition coefficient (Wildman–Crippen LogP) is 3.65. The molecule has 0 bridgehead atoms. The van der Waals surface area contributed by atoms with Gasteiger partial charge in [-0.15, -0.1) is 0 Å². The Labute approximate surface area is 144 Å². The number of Topliss-reactive ketones (excluding diaryl/α,β-unsaturated/α-hetero) is 1. The summed E-state index contributed by atoms with van der Waals surface area (Å²) in [5.41, 5.74) is 1.57. The van der Waals surface area contributed by atoms with E-state index in [2.05, 4.69) is 19.9 Å². The molecule has 3 nitrogen and oxygen atoms in total. The monoisotopic (exact) mass is 330 g/mol. The molecule has 24 heavy (non-hydrogen) atoms. The van der Waals surface area contributed by atoms with Crippen molar-refractivity contribution in [3.8, 4) is 0 Å². The summed E-state index contributed by atoms with van der Waals surface area (Å²) in [7, 11) is 0. The van der Waals surface area contributed by atoms with E-state index in [1.54, 1.807) is 6.92 Å².